The Balaban J connectivity index is 1.79. The summed E-state index contributed by atoms with van der Waals surface area (Å²) >= 11 is 7.19. The topological polar surface area (TPSA) is 125 Å². The van der Waals surface area contributed by atoms with E-state index in [2.05, 4.69) is 24.7 Å². The van der Waals surface area contributed by atoms with Crippen molar-refractivity contribution in [2.45, 2.75) is 23.8 Å². The van der Waals surface area contributed by atoms with Crippen molar-refractivity contribution in [3.05, 3.63) is 29.3 Å². The molecule has 8 nitrogen and oxygen atoms in total. The molecule has 0 fully saturated rings. The standard InChI is InChI=1S/C15H22ClFN6O2S2/c16-11-5-14(27(25)23-15-21-9-22-26-15)12(17)6-13(11)20-4-2-1-3-19-8-10(24)7-18/h5-6,9-10,19-20,24H,1-4,7-8,18H2,(H,21,22,23)/t10-,27?/m1/s1. The zero-order valence-corrected chi connectivity index (χ0v) is 16.8. The van der Waals surface area contributed by atoms with Crippen molar-refractivity contribution in [3.63, 3.8) is 0 Å². The first-order valence-electron chi connectivity index (χ1n) is 8.28. The van der Waals surface area contributed by atoms with Crippen LogP contribution in [0.3, 0.4) is 0 Å². The highest BCUT2D eigenvalue weighted by molar-refractivity contribution is 7.86. The molecule has 0 aliphatic rings. The quantitative estimate of drug-likeness (QED) is 0.320. The zero-order valence-electron chi connectivity index (χ0n) is 14.5. The number of rotatable bonds is 12. The van der Waals surface area contributed by atoms with Crippen molar-refractivity contribution in [3.8, 4) is 0 Å². The van der Waals surface area contributed by atoms with Crippen LogP contribution < -0.4 is 21.1 Å². The lowest BCUT2D eigenvalue weighted by molar-refractivity contribution is 0.179. The van der Waals surface area contributed by atoms with Crippen molar-refractivity contribution in [1.82, 2.24) is 14.7 Å². The molecule has 1 unspecified atom stereocenters. The van der Waals surface area contributed by atoms with E-state index in [-0.39, 0.29) is 16.5 Å². The van der Waals surface area contributed by atoms with E-state index in [1.165, 1.54) is 18.5 Å². The molecule has 150 valence electrons. The summed E-state index contributed by atoms with van der Waals surface area (Å²) in [5.74, 6) is -0.630. The summed E-state index contributed by atoms with van der Waals surface area (Å²) in [4.78, 5) is 3.79. The van der Waals surface area contributed by atoms with Gasteiger partial charge in [0, 0.05) is 31.2 Å². The Morgan fingerprint density at radius 3 is 2.85 bits per heavy atom. The molecule has 27 heavy (non-hydrogen) atoms. The highest BCUT2D eigenvalue weighted by Crippen LogP contribution is 2.28. The molecule has 1 aromatic heterocycles. The summed E-state index contributed by atoms with van der Waals surface area (Å²) in [6, 6.07) is 2.56. The summed E-state index contributed by atoms with van der Waals surface area (Å²) in [6.07, 6.45) is 2.49. The minimum absolute atomic E-state index is 0.0524. The first-order valence-corrected chi connectivity index (χ1v) is 10.6. The van der Waals surface area contributed by atoms with E-state index in [0.29, 0.717) is 23.9 Å². The predicted octanol–water partition coefficient (Wildman–Crippen LogP) is 1.57. The van der Waals surface area contributed by atoms with Crippen LogP contribution in [0.15, 0.2) is 23.4 Å². The van der Waals surface area contributed by atoms with Crippen LogP contribution >= 0.6 is 23.1 Å². The predicted molar refractivity (Wildman–Crippen MR) is 107 cm³/mol. The minimum Gasteiger partial charge on any atom is -0.390 e. The van der Waals surface area contributed by atoms with E-state index in [1.54, 1.807) is 0 Å². The number of anilines is 2. The SMILES string of the molecule is NC[C@@H](O)CNCCCCNc1cc(F)c(S(=O)Nc2ncns2)cc1Cl. The normalized spacial score (nSPS) is 13.3. The Hall–Kier alpha value is -1.37. The second-order valence-electron chi connectivity index (χ2n) is 5.61. The van der Waals surface area contributed by atoms with Gasteiger partial charge < -0.3 is 21.5 Å². The number of hydrogen-bond acceptors (Lipinski definition) is 8. The van der Waals surface area contributed by atoms with Gasteiger partial charge in [-0.25, -0.2) is 13.6 Å². The molecule has 0 saturated heterocycles. The molecule has 0 radical (unpaired) electrons. The third-order valence-corrected chi connectivity index (χ3v) is 5.62. The molecule has 12 heteroatoms. The number of aliphatic hydroxyl groups is 1. The molecule has 6 N–H and O–H groups in total. The number of aliphatic hydroxyl groups excluding tert-OH is 1. The van der Waals surface area contributed by atoms with Gasteiger partial charge in [0.2, 0.25) is 5.13 Å². The van der Waals surface area contributed by atoms with Crippen LogP contribution in [-0.4, -0.2) is 51.0 Å². The number of nitrogens with zero attached hydrogens (tertiary/aromatic N) is 2. The lowest BCUT2D eigenvalue weighted by Crippen LogP contribution is -2.33. The fraction of sp³-hybridized carbons (Fsp3) is 0.467. The number of nitrogens with one attached hydrogen (secondary N) is 3. The third-order valence-electron chi connectivity index (χ3n) is 3.51. The molecule has 0 amide bonds. The van der Waals surface area contributed by atoms with Gasteiger partial charge in [0.25, 0.3) is 0 Å². The maximum atomic E-state index is 14.3. The van der Waals surface area contributed by atoms with Gasteiger partial charge in [-0.15, -0.1) is 0 Å². The summed E-state index contributed by atoms with van der Waals surface area (Å²) in [7, 11) is -1.83. The second kappa shape index (κ2) is 11.5. The first-order chi connectivity index (χ1) is 13.0. The highest BCUT2D eigenvalue weighted by atomic mass is 35.5. The van der Waals surface area contributed by atoms with Crippen molar-refractivity contribution in [1.29, 1.82) is 0 Å². The molecule has 2 atom stereocenters. The van der Waals surface area contributed by atoms with E-state index in [9.17, 15) is 13.7 Å². The van der Waals surface area contributed by atoms with Gasteiger partial charge in [0.1, 0.15) is 12.1 Å². The lowest BCUT2D eigenvalue weighted by Gasteiger charge is -2.12. The average molecular weight is 437 g/mol. The van der Waals surface area contributed by atoms with Gasteiger partial charge in [-0.1, -0.05) is 11.6 Å². The Labute approximate surface area is 168 Å². The van der Waals surface area contributed by atoms with Gasteiger partial charge in [0.15, 0.2) is 11.0 Å². The van der Waals surface area contributed by atoms with Crippen LogP contribution in [0.4, 0.5) is 15.2 Å². The van der Waals surface area contributed by atoms with Crippen LogP contribution in [0.2, 0.25) is 5.02 Å². The molecule has 2 rings (SSSR count). The molecular formula is C15H22ClFN6O2S2. The monoisotopic (exact) mass is 436 g/mol. The summed E-state index contributed by atoms with van der Waals surface area (Å²) in [5, 5.41) is 16.1. The van der Waals surface area contributed by atoms with E-state index in [4.69, 9.17) is 17.3 Å². The van der Waals surface area contributed by atoms with Crippen LogP contribution in [-0.2, 0) is 11.0 Å². The maximum Gasteiger partial charge on any atom is 0.214 e. The van der Waals surface area contributed by atoms with Gasteiger partial charge in [-0.2, -0.15) is 4.37 Å². The fourth-order valence-electron chi connectivity index (χ4n) is 2.11. The highest BCUT2D eigenvalue weighted by Gasteiger charge is 2.15. The van der Waals surface area contributed by atoms with Crippen LogP contribution in [0, 0.1) is 5.82 Å². The Kier molecular flexibility index (Phi) is 9.31. The molecule has 0 saturated carbocycles. The third kappa shape index (κ3) is 7.28. The maximum absolute atomic E-state index is 14.3. The molecule has 2 aromatic rings. The van der Waals surface area contributed by atoms with Crippen molar-refractivity contribution < 1.29 is 13.7 Å². The molecule has 1 aromatic carbocycles. The van der Waals surface area contributed by atoms with Crippen molar-refractivity contribution in [2.24, 2.45) is 5.73 Å². The van der Waals surface area contributed by atoms with Gasteiger partial charge in [-0.3, -0.25) is 4.72 Å². The van der Waals surface area contributed by atoms with Crippen molar-refractivity contribution in [2.75, 3.05) is 36.2 Å². The largest absolute Gasteiger partial charge is 0.390 e. The number of aromatic nitrogens is 2. The lowest BCUT2D eigenvalue weighted by atomic mass is 10.2. The molecule has 0 spiro atoms. The van der Waals surface area contributed by atoms with E-state index >= 15 is 0 Å². The van der Waals surface area contributed by atoms with E-state index in [0.717, 1.165) is 30.9 Å². The summed E-state index contributed by atoms with van der Waals surface area (Å²) in [5.41, 5.74) is 5.76. The molecular weight excluding hydrogens is 415 g/mol. The Morgan fingerprint density at radius 1 is 1.37 bits per heavy atom. The number of halogens is 2. The second-order valence-corrected chi connectivity index (χ2v) is 7.98. The fourth-order valence-corrected chi connectivity index (χ4v) is 3.85. The Morgan fingerprint density at radius 2 is 2.15 bits per heavy atom. The van der Waals surface area contributed by atoms with Gasteiger partial charge in [-0.05, 0) is 31.5 Å². The summed E-state index contributed by atoms with van der Waals surface area (Å²) in [6.45, 7) is 2.04. The molecule has 0 bridgehead atoms. The number of unbranched alkanes of at least 4 members (excludes halogenated alkanes) is 1. The van der Waals surface area contributed by atoms with Crippen LogP contribution in [0.1, 0.15) is 12.8 Å². The molecule has 0 aliphatic carbocycles. The molecule has 0 aliphatic heterocycles. The van der Waals surface area contributed by atoms with E-state index in [1.807, 2.05) is 0 Å². The van der Waals surface area contributed by atoms with E-state index < -0.39 is 22.9 Å². The zero-order chi connectivity index (χ0) is 19.6. The van der Waals surface area contributed by atoms with Gasteiger partial charge in [0.05, 0.1) is 21.7 Å². The first kappa shape index (κ1) is 21.9. The summed E-state index contributed by atoms with van der Waals surface area (Å²) < 4.78 is 32.9. The average Bonchev–Trinajstić information content (AvgIpc) is 3.15. The number of hydrogen-bond donors (Lipinski definition) is 5. The minimum atomic E-state index is -1.83. The number of nitrogens with two attached hydrogens (primary N) is 1. The smallest absolute Gasteiger partial charge is 0.214 e. The van der Waals surface area contributed by atoms with Crippen LogP contribution in [0.5, 0.6) is 0 Å². The molecule has 1 heterocycles. The Bertz CT molecular complexity index is 737. The van der Waals surface area contributed by atoms with Crippen LogP contribution in [0.25, 0.3) is 0 Å². The van der Waals surface area contributed by atoms with Crippen molar-refractivity contribution >= 4 is 44.9 Å². The number of benzene rings is 1. The van der Waals surface area contributed by atoms with Gasteiger partial charge >= 0.3 is 0 Å².